The summed E-state index contributed by atoms with van der Waals surface area (Å²) >= 11 is 0. The first-order chi connectivity index (χ1) is 5.61. The Labute approximate surface area is 73.6 Å². The van der Waals surface area contributed by atoms with Crippen LogP contribution in [-0.4, -0.2) is 11.7 Å². The highest BCUT2D eigenvalue weighted by molar-refractivity contribution is 5.22. The number of rotatable bonds is 4. The average Bonchev–Trinajstić information content (AvgIpc) is 1.98. The zero-order valence-corrected chi connectivity index (χ0v) is 7.97. The third-order valence-corrected chi connectivity index (χ3v) is 1.47. The maximum Gasteiger partial charge on any atom is 0.106 e. The number of halogens is 1. The molecule has 1 N–H and O–H groups in total. The van der Waals surface area contributed by atoms with Crippen LogP contribution in [0.15, 0.2) is 23.6 Å². The van der Waals surface area contributed by atoms with Crippen LogP contribution in [0.1, 0.15) is 27.2 Å². The minimum Gasteiger partial charge on any atom is -0.392 e. The predicted molar refractivity (Wildman–Crippen MR) is 49.5 cm³/mol. The second kappa shape index (κ2) is 5.95. The van der Waals surface area contributed by atoms with E-state index in [0.717, 1.165) is 0 Å². The van der Waals surface area contributed by atoms with E-state index in [1.807, 2.05) is 13.8 Å². The van der Waals surface area contributed by atoms with Gasteiger partial charge in [0.2, 0.25) is 0 Å². The van der Waals surface area contributed by atoms with E-state index >= 15 is 0 Å². The molecule has 2 heteroatoms. The van der Waals surface area contributed by atoms with Crippen molar-refractivity contribution in [3.8, 4) is 0 Å². The second-order valence-electron chi connectivity index (χ2n) is 3.19. The van der Waals surface area contributed by atoms with Crippen molar-refractivity contribution < 1.29 is 9.50 Å². The van der Waals surface area contributed by atoms with Crippen molar-refractivity contribution in [2.75, 3.05) is 6.61 Å². The first-order valence-electron chi connectivity index (χ1n) is 4.22. The van der Waals surface area contributed by atoms with Crippen LogP contribution in [0.25, 0.3) is 0 Å². The van der Waals surface area contributed by atoms with Gasteiger partial charge in [-0.05, 0) is 12.8 Å². The summed E-state index contributed by atoms with van der Waals surface area (Å²) in [5.74, 6) is 0.0856. The van der Waals surface area contributed by atoms with Gasteiger partial charge in [0.25, 0.3) is 0 Å². The molecule has 0 aromatic heterocycles. The molecular formula is C10H17FO. The first kappa shape index (κ1) is 11.4. The van der Waals surface area contributed by atoms with Gasteiger partial charge in [0.1, 0.15) is 5.83 Å². The Morgan fingerprint density at radius 1 is 1.50 bits per heavy atom. The molecule has 0 unspecified atom stereocenters. The van der Waals surface area contributed by atoms with Gasteiger partial charge in [-0.2, -0.15) is 0 Å². The molecule has 12 heavy (non-hydrogen) atoms. The van der Waals surface area contributed by atoms with Crippen LogP contribution in [-0.2, 0) is 0 Å². The van der Waals surface area contributed by atoms with Crippen LogP contribution in [0.5, 0.6) is 0 Å². The maximum atomic E-state index is 13.2. The molecular weight excluding hydrogens is 155 g/mol. The van der Waals surface area contributed by atoms with Crippen molar-refractivity contribution in [2.45, 2.75) is 27.2 Å². The van der Waals surface area contributed by atoms with Gasteiger partial charge < -0.3 is 5.11 Å². The van der Waals surface area contributed by atoms with Crippen molar-refractivity contribution in [3.63, 3.8) is 0 Å². The lowest BCUT2D eigenvalue weighted by molar-refractivity contribution is 0.327. The molecule has 0 amide bonds. The highest BCUT2D eigenvalue weighted by Gasteiger charge is 2.04. The lowest BCUT2D eigenvalue weighted by atomic mass is 10.1. The molecule has 0 radical (unpaired) electrons. The van der Waals surface area contributed by atoms with E-state index in [1.54, 1.807) is 19.1 Å². The minimum atomic E-state index is -0.219. The smallest absolute Gasteiger partial charge is 0.106 e. The zero-order chi connectivity index (χ0) is 9.56. The summed E-state index contributed by atoms with van der Waals surface area (Å²) in [4.78, 5) is 0. The van der Waals surface area contributed by atoms with Gasteiger partial charge in [-0.25, -0.2) is 4.39 Å². The van der Waals surface area contributed by atoms with Crippen LogP contribution in [0.4, 0.5) is 4.39 Å². The molecule has 0 aliphatic carbocycles. The summed E-state index contributed by atoms with van der Waals surface area (Å²) in [6.45, 7) is 5.48. The fraction of sp³-hybridized carbons (Fsp3) is 0.600. The molecule has 1 nitrogen and oxygen atoms in total. The molecule has 0 saturated heterocycles. The molecule has 70 valence electrons. The topological polar surface area (TPSA) is 20.2 Å². The first-order valence-corrected chi connectivity index (χ1v) is 4.22. The Hall–Kier alpha value is -0.630. The van der Waals surface area contributed by atoms with E-state index in [4.69, 9.17) is 5.11 Å². The Morgan fingerprint density at radius 3 is 2.42 bits per heavy atom. The summed E-state index contributed by atoms with van der Waals surface area (Å²) < 4.78 is 13.2. The summed E-state index contributed by atoms with van der Waals surface area (Å²) in [7, 11) is 0. The van der Waals surface area contributed by atoms with Crippen LogP contribution >= 0.6 is 0 Å². The molecule has 0 heterocycles. The molecule has 0 aromatic carbocycles. The SMILES string of the molecule is C/C=C\C(CO)=C(\F)CC(C)C. The van der Waals surface area contributed by atoms with Gasteiger partial charge in [0, 0.05) is 12.0 Å². The summed E-state index contributed by atoms with van der Waals surface area (Å²) in [5, 5.41) is 8.79. The normalized spacial score (nSPS) is 14.2. The van der Waals surface area contributed by atoms with Crippen LogP contribution in [0, 0.1) is 5.92 Å². The lowest BCUT2D eigenvalue weighted by Gasteiger charge is -2.04. The van der Waals surface area contributed by atoms with Crippen molar-refractivity contribution >= 4 is 0 Å². The van der Waals surface area contributed by atoms with Crippen molar-refractivity contribution in [2.24, 2.45) is 5.92 Å². The monoisotopic (exact) mass is 172 g/mol. The quantitative estimate of drug-likeness (QED) is 0.646. The summed E-state index contributed by atoms with van der Waals surface area (Å²) in [6.07, 6.45) is 3.74. The third kappa shape index (κ3) is 4.29. The molecule has 0 bridgehead atoms. The van der Waals surface area contributed by atoms with Gasteiger partial charge in [0.05, 0.1) is 6.61 Å². The van der Waals surface area contributed by atoms with Crippen LogP contribution in [0.3, 0.4) is 0 Å². The number of hydrogen-bond donors (Lipinski definition) is 1. The minimum absolute atomic E-state index is 0.203. The number of aliphatic hydroxyl groups excluding tert-OH is 1. The Kier molecular flexibility index (Phi) is 5.64. The van der Waals surface area contributed by atoms with Gasteiger partial charge in [-0.1, -0.05) is 26.0 Å². The molecule has 0 spiro atoms. The van der Waals surface area contributed by atoms with Gasteiger partial charge in [-0.3, -0.25) is 0 Å². The van der Waals surface area contributed by atoms with Gasteiger partial charge >= 0.3 is 0 Å². The average molecular weight is 172 g/mol. The van der Waals surface area contributed by atoms with E-state index in [9.17, 15) is 4.39 Å². The van der Waals surface area contributed by atoms with E-state index < -0.39 is 0 Å². The number of aliphatic hydroxyl groups is 1. The zero-order valence-electron chi connectivity index (χ0n) is 7.97. The van der Waals surface area contributed by atoms with Crippen molar-refractivity contribution in [1.82, 2.24) is 0 Å². The largest absolute Gasteiger partial charge is 0.392 e. The summed E-state index contributed by atoms with van der Waals surface area (Å²) in [6, 6.07) is 0. The third-order valence-electron chi connectivity index (χ3n) is 1.47. The van der Waals surface area contributed by atoms with E-state index in [1.165, 1.54) is 0 Å². The van der Waals surface area contributed by atoms with Crippen LogP contribution < -0.4 is 0 Å². The highest BCUT2D eigenvalue weighted by atomic mass is 19.1. The van der Waals surface area contributed by atoms with Gasteiger partial charge in [0.15, 0.2) is 0 Å². The highest BCUT2D eigenvalue weighted by Crippen LogP contribution is 2.16. The van der Waals surface area contributed by atoms with Crippen LogP contribution in [0.2, 0.25) is 0 Å². The van der Waals surface area contributed by atoms with Crippen molar-refractivity contribution in [3.05, 3.63) is 23.6 Å². The maximum absolute atomic E-state index is 13.2. The molecule has 0 fully saturated rings. The Bertz CT molecular complexity index is 180. The number of allylic oxidation sites excluding steroid dienone is 2. The fourth-order valence-electron chi connectivity index (χ4n) is 0.920. The molecule has 0 aliphatic heterocycles. The Morgan fingerprint density at radius 2 is 2.08 bits per heavy atom. The lowest BCUT2D eigenvalue weighted by Crippen LogP contribution is -1.94. The van der Waals surface area contributed by atoms with E-state index in [2.05, 4.69) is 0 Å². The van der Waals surface area contributed by atoms with Crippen molar-refractivity contribution in [1.29, 1.82) is 0 Å². The summed E-state index contributed by atoms with van der Waals surface area (Å²) in [5.41, 5.74) is 0.395. The molecule has 0 saturated carbocycles. The molecule has 0 atom stereocenters. The Balaban J connectivity index is 4.37. The number of hydrogen-bond acceptors (Lipinski definition) is 1. The van der Waals surface area contributed by atoms with E-state index in [-0.39, 0.29) is 18.4 Å². The fourth-order valence-corrected chi connectivity index (χ4v) is 0.920. The van der Waals surface area contributed by atoms with Gasteiger partial charge in [-0.15, -0.1) is 0 Å². The standard InChI is InChI=1S/C10H17FO/c1-4-5-9(7-12)10(11)6-8(2)3/h4-5,8,12H,6-7H2,1-3H3/b5-4-,10-9-. The molecule has 0 rings (SSSR count). The second-order valence-corrected chi connectivity index (χ2v) is 3.19. The predicted octanol–water partition coefficient (Wildman–Crippen LogP) is 2.82. The van der Waals surface area contributed by atoms with E-state index in [0.29, 0.717) is 12.0 Å². The molecule has 0 aromatic rings. The molecule has 0 aliphatic rings.